The molecule has 0 saturated carbocycles. The Hall–Kier alpha value is -0.170. The topological polar surface area (TPSA) is 52.7 Å². The lowest BCUT2D eigenvalue weighted by molar-refractivity contribution is 0.0849. The van der Waals surface area contributed by atoms with Gasteiger partial charge in [-0.25, -0.2) is 13.1 Å². The Bertz CT molecular complexity index is 416. The van der Waals surface area contributed by atoms with E-state index in [1.54, 1.807) is 6.92 Å². The molecule has 6 heteroatoms. The van der Waals surface area contributed by atoms with Gasteiger partial charge in [-0.1, -0.05) is 0 Å². The van der Waals surface area contributed by atoms with Crippen LogP contribution in [0.3, 0.4) is 0 Å². The van der Waals surface area contributed by atoms with Crippen LogP contribution < -0.4 is 4.72 Å². The molecule has 1 atom stereocenters. The molecule has 20 heavy (non-hydrogen) atoms. The second kappa shape index (κ2) is 6.30. The Balaban J connectivity index is 1.79. The van der Waals surface area contributed by atoms with E-state index in [0.29, 0.717) is 12.0 Å². The second-order valence-corrected chi connectivity index (χ2v) is 8.72. The maximum absolute atomic E-state index is 11.5. The molecule has 5 nitrogen and oxygen atoms in total. The van der Waals surface area contributed by atoms with Crippen molar-refractivity contribution in [1.82, 2.24) is 14.5 Å². The smallest absolute Gasteiger partial charge is 0.211 e. The predicted molar refractivity (Wildman–Crippen MR) is 82.3 cm³/mol. The van der Waals surface area contributed by atoms with Crippen molar-refractivity contribution in [1.29, 1.82) is 0 Å². The number of hydrogen-bond donors (Lipinski definition) is 1. The van der Waals surface area contributed by atoms with Crippen LogP contribution >= 0.6 is 0 Å². The third-order valence-corrected chi connectivity index (χ3v) is 6.46. The minimum absolute atomic E-state index is 0.162. The van der Waals surface area contributed by atoms with E-state index in [4.69, 9.17) is 0 Å². The van der Waals surface area contributed by atoms with Crippen LogP contribution in [0.4, 0.5) is 0 Å². The van der Waals surface area contributed by atoms with Crippen LogP contribution in [-0.4, -0.2) is 69.8 Å². The van der Waals surface area contributed by atoms with E-state index < -0.39 is 10.0 Å². The number of hydrogen-bond acceptors (Lipinski definition) is 4. The molecule has 2 fully saturated rings. The third-order valence-electron chi connectivity index (χ3n) is 5.09. The van der Waals surface area contributed by atoms with E-state index in [2.05, 4.69) is 28.5 Å². The molecule has 2 saturated heterocycles. The van der Waals surface area contributed by atoms with Crippen LogP contribution in [-0.2, 0) is 10.0 Å². The van der Waals surface area contributed by atoms with Crippen LogP contribution in [0.15, 0.2) is 0 Å². The average Bonchev–Trinajstić information content (AvgIpc) is 2.78. The maximum Gasteiger partial charge on any atom is 0.211 e. The number of sulfonamides is 1. The second-order valence-electron chi connectivity index (χ2n) is 6.62. The summed E-state index contributed by atoms with van der Waals surface area (Å²) in [6, 6.07) is 0.285. The number of nitrogens with zero attached hydrogens (tertiary/aromatic N) is 2. The van der Waals surface area contributed by atoms with Gasteiger partial charge in [-0.15, -0.1) is 0 Å². The van der Waals surface area contributed by atoms with Crippen molar-refractivity contribution in [3.8, 4) is 0 Å². The SMILES string of the molecule is CCS(=O)(=O)NCC(C)N1CCC2(CCN(C)C2)CC1. The lowest BCUT2D eigenvalue weighted by Gasteiger charge is -2.41. The Morgan fingerprint density at radius 3 is 2.30 bits per heavy atom. The molecule has 0 aromatic rings. The maximum atomic E-state index is 11.5. The lowest BCUT2D eigenvalue weighted by atomic mass is 9.77. The van der Waals surface area contributed by atoms with Crippen molar-refractivity contribution in [3.63, 3.8) is 0 Å². The van der Waals surface area contributed by atoms with Gasteiger partial charge in [-0.05, 0) is 65.2 Å². The summed E-state index contributed by atoms with van der Waals surface area (Å²) in [5.41, 5.74) is 0.536. The Kier molecular flexibility index (Phi) is 5.10. The zero-order valence-electron chi connectivity index (χ0n) is 13.1. The van der Waals surface area contributed by atoms with Gasteiger partial charge < -0.3 is 4.90 Å². The van der Waals surface area contributed by atoms with Gasteiger partial charge in [0.15, 0.2) is 0 Å². The van der Waals surface area contributed by atoms with E-state index in [1.165, 1.54) is 32.4 Å². The van der Waals surface area contributed by atoms with Crippen molar-refractivity contribution >= 4 is 10.0 Å². The Morgan fingerprint density at radius 2 is 1.80 bits per heavy atom. The molecule has 0 aliphatic carbocycles. The number of piperidine rings is 1. The van der Waals surface area contributed by atoms with E-state index in [0.717, 1.165) is 13.1 Å². The molecule has 118 valence electrons. The average molecular weight is 303 g/mol. The quantitative estimate of drug-likeness (QED) is 0.814. The first-order valence-corrected chi connectivity index (χ1v) is 9.41. The third kappa shape index (κ3) is 3.93. The summed E-state index contributed by atoms with van der Waals surface area (Å²) >= 11 is 0. The molecule has 0 aromatic carbocycles. The van der Waals surface area contributed by atoms with Gasteiger partial charge in [0.05, 0.1) is 5.75 Å². The summed E-state index contributed by atoms with van der Waals surface area (Å²) in [6.07, 6.45) is 3.83. The van der Waals surface area contributed by atoms with E-state index in [9.17, 15) is 8.42 Å². The van der Waals surface area contributed by atoms with Gasteiger partial charge in [0.1, 0.15) is 0 Å². The molecule has 2 heterocycles. The summed E-state index contributed by atoms with van der Waals surface area (Å²) < 4.78 is 25.7. The van der Waals surface area contributed by atoms with E-state index in [1.807, 2.05) is 0 Å². The predicted octanol–water partition coefficient (Wildman–Crippen LogP) is 0.732. The van der Waals surface area contributed by atoms with Crippen LogP contribution in [0.1, 0.15) is 33.1 Å². The van der Waals surface area contributed by atoms with E-state index >= 15 is 0 Å². The van der Waals surface area contributed by atoms with Crippen LogP contribution in [0.5, 0.6) is 0 Å². The van der Waals surface area contributed by atoms with Crippen molar-refractivity contribution in [2.75, 3.05) is 45.5 Å². The fourth-order valence-electron chi connectivity index (χ4n) is 3.48. The molecule has 2 rings (SSSR count). The number of rotatable bonds is 5. The van der Waals surface area contributed by atoms with Gasteiger partial charge in [0, 0.05) is 19.1 Å². The molecule has 0 bridgehead atoms. The molecule has 1 spiro atoms. The van der Waals surface area contributed by atoms with Gasteiger partial charge in [-0.3, -0.25) is 4.90 Å². The van der Waals surface area contributed by atoms with Crippen molar-refractivity contribution in [3.05, 3.63) is 0 Å². The highest BCUT2D eigenvalue weighted by Gasteiger charge is 2.39. The minimum atomic E-state index is -3.07. The summed E-state index contributed by atoms with van der Waals surface area (Å²) in [5.74, 6) is 0.162. The van der Waals surface area contributed by atoms with E-state index in [-0.39, 0.29) is 11.8 Å². The molecule has 0 radical (unpaired) electrons. The first-order valence-electron chi connectivity index (χ1n) is 7.76. The molecule has 0 aromatic heterocycles. The number of nitrogens with one attached hydrogen (secondary N) is 1. The fraction of sp³-hybridized carbons (Fsp3) is 1.00. The molecule has 1 N–H and O–H groups in total. The Labute approximate surface area is 123 Å². The lowest BCUT2D eigenvalue weighted by Crippen LogP contribution is -2.48. The van der Waals surface area contributed by atoms with Gasteiger partial charge in [-0.2, -0.15) is 0 Å². The summed E-state index contributed by atoms with van der Waals surface area (Å²) in [4.78, 5) is 4.87. The highest BCUT2D eigenvalue weighted by molar-refractivity contribution is 7.89. The van der Waals surface area contributed by atoms with Gasteiger partial charge in [0.2, 0.25) is 10.0 Å². The summed E-state index contributed by atoms with van der Waals surface area (Å²) in [7, 11) is -0.854. The first-order chi connectivity index (χ1) is 9.36. The fourth-order valence-corrected chi connectivity index (χ4v) is 4.18. The molecule has 2 aliphatic heterocycles. The normalized spacial score (nSPS) is 26.1. The molecular formula is C14H29N3O2S. The van der Waals surface area contributed by atoms with Gasteiger partial charge >= 0.3 is 0 Å². The Morgan fingerprint density at radius 1 is 1.20 bits per heavy atom. The van der Waals surface area contributed by atoms with Crippen molar-refractivity contribution in [2.24, 2.45) is 5.41 Å². The largest absolute Gasteiger partial charge is 0.306 e. The van der Waals surface area contributed by atoms with Crippen LogP contribution in [0.2, 0.25) is 0 Å². The summed E-state index contributed by atoms with van der Waals surface area (Å²) in [6.45, 7) is 8.99. The van der Waals surface area contributed by atoms with Crippen LogP contribution in [0, 0.1) is 5.41 Å². The zero-order valence-corrected chi connectivity index (χ0v) is 13.9. The first kappa shape index (κ1) is 16.2. The monoisotopic (exact) mass is 303 g/mol. The van der Waals surface area contributed by atoms with Crippen LogP contribution in [0.25, 0.3) is 0 Å². The highest BCUT2D eigenvalue weighted by atomic mass is 32.2. The minimum Gasteiger partial charge on any atom is -0.306 e. The zero-order chi connectivity index (χ0) is 14.8. The molecule has 2 aliphatic rings. The molecule has 1 unspecified atom stereocenters. The van der Waals surface area contributed by atoms with Gasteiger partial charge in [0.25, 0.3) is 0 Å². The molecule has 0 amide bonds. The van der Waals surface area contributed by atoms with Crippen molar-refractivity contribution < 1.29 is 8.42 Å². The number of likely N-dealkylation sites (tertiary alicyclic amines) is 2. The molecular weight excluding hydrogens is 274 g/mol. The highest BCUT2D eigenvalue weighted by Crippen LogP contribution is 2.40. The van der Waals surface area contributed by atoms with Crippen molar-refractivity contribution in [2.45, 2.75) is 39.2 Å². The standard InChI is InChI=1S/C14H29N3O2S/c1-4-20(18,19)15-11-13(2)17-9-6-14(7-10-17)5-8-16(3)12-14/h13,15H,4-12H2,1-3H3. The summed E-state index contributed by atoms with van der Waals surface area (Å²) in [5, 5.41) is 0.